The standard InChI is InChI=1S/C20H18N4O3S2/c1-12-4-6-16(14(9-12)11-29(21,26)27)22-20(25)19-15-10-13(18-3-2-8-28-18)5-7-17(15)23-24-19/h2-10H,11H2,1H3,(H,22,25)(H,23,24)(H2,21,26,27). The molecule has 0 atom stereocenters. The number of primary sulfonamides is 1. The van der Waals surface area contributed by atoms with Gasteiger partial charge in [-0.1, -0.05) is 29.8 Å². The lowest BCUT2D eigenvalue weighted by molar-refractivity contribution is 0.102. The maximum absolute atomic E-state index is 12.9. The van der Waals surface area contributed by atoms with Crippen LogP contribution in [-0.4, -0.2) is 24.5 Å². The van der Waals surface area contributed by atoms with Gasteiger partial charge in [-0.2, -0.15) is 5.10 Å². The third kappa shape index (κ3) is 4.21. The predicted molar refractivity (Wildman–Crippen MR) is 115 cm³/mol. The van der Waals surface area contributed by atoms with Crippen molar-refractivity contribution in [2.24, 2.45) is 5.14 Å². The van der Waals surface area contributed by atoms with Crippen molar-refractivity contribution in [2.75, 3.05) is 5.32 Å². The molecule has 2 aromatic heterocycles. The van der Waals surface area contributed by atoms with Crippen molar-refractivity contribution in [3.63, 3.8) is 0 Å². The lowest BCUT2D eigenvalue weighted by Gasteiger charge is -2.11. The maximum atomic E-state index is 12.9. The van der Waals surface area contributed by atoms with E-state index in [0.29, 0.717) is 16.6 Å². The fraction of sp³-hybridized carbons (Fsp3) is 0.100. The second-order valence-electron chi connectivity index (χ2n) is 6.73. The topological polar surface area (TPSA) is 118 Å². The quantitative estimate of drug-likeness (QED) is 0.451. The van der Waals surface area contributed by atoms with E-state index in [4.69, 9.17) is 5.14 Å². The first-order valence-corrected chi connectivity index (χ1v) is 11.3. The van der Waals surface area contributed by atoms with Crippen LogP contribution in [0.1, 0.15) is 21.6 Å². The number of benzene rings is 2. The smallest absolute Gasteiger partial charge is 0.276 e. The number of amides is 1. The number of rotatable bonds is 5. The first-order chi connectivity index (χ1) is 13.8. The van der Waals surface area contributed by atoms with Crippen molar-refractivity contribution < 1.29 is 13.2 Å². The Balaban J connectivity index is 1.69. The summed E-state index contributed by atoms with van der Waals surface area (Å²) in [7, 11) is -3.74. The molecule has 0 aliphatic carbocycles. The van der Waals surface area contributed by atoms with Crippen LogP contribution in [0, 0.1) is 6.92 Å². The maximum Gasteiger partial charge on any atom is 0.276 e. The Kier molecular flexibility index (Phi) is 4.95. The van der Waals surface area contributed by atoms with Gasteiger partial charge in [0.05, 0.1) is 11.3 Å². The Morgan fingerprint density at radius 3 is 2.76 bits per heavy atom. The lowest BCUT2D eigenvalue weighted by atomic mass is 10.1. The number of fused-ring (bicyclic) bond motifs is 1. The number of aromatic amines is 1. The summed E-state index contributed by atoms with van der Waals surface area (Å²) in [5.74, 6) is -0.798. The zero-order chi connectivity index (χ0) is 20.6. The zero-order valence-corrected chi connectivity index (χ0v) is 17.1. The third-order valence-corrected chi connectivity index (χ3v) is 6.08. The van der Waals surface area contributed by atoms with Gasteiger partial charge < -0.3 is 5.32 Å². The zero-order valence-electron chi connectivity index (χ0n) is 15.5. The van der Waals surface area contributed by atoms with Gasteiger partial charge in [-0.25, -0.2) is 13.6 Å². The van der Waals surface area contributed by atoms with E-state index >= 15 is 0 Å². The Bertz CT molecular complexity index is 1310. The number of sulfonamides is 1. The minimum Gasteiger partial charge on any atom is -0.320 e. The largest absolute Gasteiger partial charge is 0.320 e. The molecule has 0 unspecified atom stereocenters. The summed E-state index contributed by atoms with van der Waals surface area (Å²) < 4.78 is 23.1. The van der Waals surface area contributed by atoms with Crippen molar-refractivity contribution in [2.45, 2.75) is 12.7 Å². The number of nitrogens with two attached hydrogens (primary N) is 1. The molecular formula is C20H18N4O3S2. The van der Waals surface area contributed by atoms with Gasteiger partial charge in [0.25, 0.3) is 5.91 Å². The Hall–Kier alpha value is -3.01. The van der Waals surface area contributed by atoms with E-state index in [9.17, 15) is 13.2 Å². The molecule has 9 heteroatoms. The third-order valence-electron chi connectivity index (χ3n) is 4.45. The summed E-state index contributed by atoms with van der Waals surface area (Å²) in [4.78, 5) is 14.0. The van der Waals surface area contributed by atoms with Crippen molar-refractivity contribution in [3.8, 4) is 10.4 Å². The van der Waals surface area contributed by atoms with Crippen LogP contribution in [0.3, 0.4) is 0 Å². The van der Waals surface area contributed by atoms with Crippen LogP contribution < -0.4 is 10.5 Å². The number of aromatic nitrogens is 2. The minimum atomic E-state index is -3.74. The molecule has 7 nitrogen and oxygen atoms in total. The van der Waals surface area contributed by atoms with E-state index in [1.54, 1.807) is 29.5 Å². The van der Waals surface area contributed by atoms with Gasteiger partial charge >= 0.3 is 0 Å². The van der Waals surface area contributed by atoms with Gasteiger partial charge in [-0.05, 0) is 47.7 Å². The highest BCUT2D eigenvalue weighted by Crippen LogP contribution is 2.29. The molecule has 4 rings (SSSR count). The molecule has 29 heavy (non-hydrogen) atoms. The summed E-state index contributed by atoms with van der Waals surface area (Å²) >= 11 is 1.61. The molecule has 0 aliphatic heterocycles. The molecule has 0 saturated carbocycles. The fourth-order valence-corrected chi connectivity index (χ4v) is 4.54. The van der Waals surface area contributed by atoms with E-state index in [0.717, 1.165) is 21.5 Å². The van der Waals surface area contributed by atoms with Crippen LogP contribution in [0.25, 0.3) is 21.3 Å². The Morgan fingerprint density at radius 1 is 1.21 bits per heavy atom. The highest BCUT2D eigenvalue weighted by Gasteiger charge is 2.18. The van der Waals surface area contributed by atoms with Crippen molar-refractivity contribution in [1.29, 1.82) is 0 Å². The van der Waals surface area contributed by atoms with Crippen LogP contribution in [-0.2, 0) is 15.8 Å². The number of aryl methyl sites for hydroxylation is 1. The molecule has 148 valence electrons. The lowest BCUT2D eigenvalue weighted by Crippen LogP contribution is -2.18. The van der Waals surface area contributed by atoms with E-state index < -0.39 is 15.9 Å². The molecule has 0 radical (unpaired) electrons. The van der Waals surface area contributed by atoms with Crippen LogP contribution >= 0.6 is 11.3 Å². The number of hydrogen-bond donors (Lipinski definition) is 3. The van der Waals surface area contributed by atoms with E-state index in [1.807, 2.05) is 42.6 Å². The van der Waals surface area contributed by atoms with Crippen molar-refractivity contribution >= 4 is 43.9 Å². The Labute approximate surface area is 171 Å². The second-order valence-corrected chi connectivity index (χ2v) is 9.29. The fourth-order valence-electron chi connectivity index (χ4n) is 3.15. The van der Waals surface area contributed by atoms with Gasteiger partial charge in [0.1, 0.15) is 0 Å². The number of anilines is 1. The highest BCUT2D eigenvalue weighted by atomic mass is 32.2. The Morgan fingerprint density at radius 2 is 2.03 bits per heavy atom. The number of thiophene rings is 1. The summed E-state index contributed by atoms with van der Waals surface area (Å²) in [5.41, 5.74) is 3.66. The van der Waals surface area contributed by atoms with Gasteiger partial charge in [0, 0.05) is 16.0 Å². The molecule has 2 aromatic carbocycles. The highest BCUT2D eigenvalue weighted by molar-refractivity contribution is 7.88. The molecule has 0 fully saturated rings. The van der Waals surface area contributed by atoms with Crippen molar-refractivity contribution in [3.05, 3.63) is 70.7 Å². The SMILES string of the molecule is Cc1ccc(NC(=O)c2n[nH]c3ccc(-c4cccs4)cc23)c(CS(N)(=O)=O)c1. The van der Waals surface area contributed by atoms with Gasteiger partial charge in [-0.3, -0.25) is 9.89 Å². The average molecular weight is 427 g/mol. The molecule has 4 aromatic rings. The van der Waals surface area contributed by atoms with Crippen LogP contribution in [0.5, 0.6) is 0 Å². The summed E-state index contributed by atoms with van der Waals surface area (Å²) in [6, 6.07) is 14.9. The van der Waals surface area contributed by atoms with Crippen molar-refractivity contribution in [1.82, 2.24) is 10.2 Å². The summed E-state index contributed by atoms with van der Waals surface area (Å²) in [6.07, 6.45) is 0. The molecule has 0 saturated heterocycles. The minimum absolute atomic E-state index is 0.237. The number of hydrogen-bond acceptors (Lipinski definition) is 5. The van der Waals surface area contributed by atoms with E-state index in [1.165, 1.54) is 0 Å². The van der Waals surface area contributed by atoms with Gasteiger partial charge in [0.2, 0.25) is 10.0 Å². The first-order valence-electron chi connectivity index (χ1n) is 8.73. The number of nitrogens with zero attached hydrogens (tertiary/aromatic N) is 1. The number of carbonyl (C=O) groups excluding carboxylic acids is 1. The monoisotopic (exact) mass is 426 g/mol. The summed E-state index contributed by atoms with van der Waals surface area (Å²) in [5, 5.41) is 17.7. The van der Waals surface area contributed by atoms with Gasteiger partial charge in [0.15, 0.2) is 5.69 Å². The van der Waals surface area contributed by atoms with E-state index in [2.05, 4.69) is 15.5 Å². The predicted octanol–water partition coefficient (Wildman–Crippen LogP) is 3.64. The molecule has 2 heterocycles. The summed E-state index contributed by atoms with van der Waals surface area (Å²) in [6.45, 7) is 1.84. The van der Waals surface area contributed by atoms with Gasteiger partial charge in [-0.15, -0.1) is 11.3 Å². The second kappa shape index (κ2) is 7.43. The average Bonchev–Trinajstić information content (AvgIpc) is 3.31. The number of H-pyrrole nitrogens is 1. The van der Waals surface area contributed by atoms with Crippen LogP contribution in [0.4, 0.5) is 5.69 Å². The molecule has 1 amide bonds. The number of carbonyl (C=O) groups is 1. The van der Waals surface area contributed by atoms with E-state index in [-0.39, 0.29) is 11.4 Å². The molecular weight excluding hydrogens is 408 g/mol. The van der Waals surface area contributed by atoms with Crippen LogP contribution in [0.2, 0.25) is 0 Å². The molecule has 0 spiro atoms. The normalized spacial score (nSPS) is 11.7. The number of nitrogens with one attached hydrogen (secondary N) is 2. The molecule has 4 N–H and O–H groups in total. The van der Waals surface area contributed by atoms with Crippen LogP contribution in [0.15, 0.2) is 53.9 Å². The molecule has 0 aliphatic rings. The first kappa shape index (κ1) is 19.3. The molecule has 0 bridgehead atoms.